The fourth-order valence-corrected chi connectivity index (χ4v) is 2.90. The van der Waals surface area contributed by atoms with Crippen molar-refractivity contribution >= 4 is 22.8 Å². The smallest absolute Gasteiger partial charge is 0.123 e. The van der Waals surface area contributed by atoms with E-state index in [4.69, 9.17) is 0 Å². The lowest BCUT2D eigenvalue weighted by atomic mass is 10.1. The van der Waals surface area contributed by atoms with Crippen molar-refractivity contribution in [3.63, 3.8) is 0 Å². The van der Waals surface area contributed by atoms with Crippen LogP contribution in [0.3, 0.4) is 0 Å². The van der Waals surface area contributed by atoms with Crippen LogP contribution in [0.25, 0.3) is 10.9 Å². The predicted octanol–water partition coefficient (Wildman–Crippen LogP) is 5.27. The molecule has 0 aliphatic heterocycles. The Morgan fingerprint density at radius 2 is 1.73 bits per heavy atom. The molecule has 0 saturated heterocycles. The summed E-state index contributed by atoms with van der Waals surface area (Å²) in [5.74, 6) is -0.212. The quantitative estimate of drug-likeness (QED) is 0.388. The van der Waals surface area contributed by atoms with E-state index >= 15 is 0 Å². The predicted molar refractivity (Wildman–Crippen MR) is 105 cm³/mol. The second-order valence-corrected chi connectivity index (χ2v) is 6.12. The number of anilines is 1. The largest absolute Gasteiger partial charge is 0.343 e. The Balaban J connectivity index is 1.55. The number of halogens is 1. The number of hydrogen-bond acceptors (Lipinski definition) is 2. The first-order chi connectivity index (χ1) is 12.8. The molecule has 0 atom stereocenters. The average Bonchev–Trinajstić information content (AvgIpc) is 3.07. The zero-order valence-corrected chi connectivity index (χ0v) is 14.1. The Labute approximate surface area is 151 Å². The van der Waals surface area contributed by atoms with Gasteiger partial charge in [0.05, 0.1) is 11.9 Å². The fourth-order valence-electron chi connectivity index (χ4n) is 2.90. The molecule has 0 saturated carbocycles. The van der Waals surface area contributed by atoms with E-state index in [-0.39, 0.29) is 5.82 Å². The van der Waals surface area contributed by atoms with Gasteiger partial charge < -0.3 is 4.57 Å². The summed E-state index contributed by atoms with van der Waals surface area (Å²) in [4.78, 5) is 0. The topological polar surface area (TPSA) is 29.3 Å². The maximum absolute atomic E-state index is 13.1. The van der Waals surface area contributed by atoms with Gasteiger partial charge in [0.15, 0.2) is 0 Å². The summed E-state index contributed by atoms with van der Waals surface area (Å²) in [6.45, 7) is 0.701. The van der Waals surface area contributed by atoms with Crippen molar-refractivity contribution in [2.45, 2.75) is 6.54 Å². The van der Waals surface area contributed by atoms with Gasteiger partial charge >= 0.3 is 0 Å². The van der Waals surface area contributed by atoms with Crippen molar-refractivity contribution in [3.8, 4) is 0 Å². The molecule has 3 aromatic carbocycles. The van der Waals surface area contributed by atoms with E-state index in [1.807, 2.05) is 54.7 Å². The Bertz CT molecular complexity index is 1030. The highest BCUT2D eigenvalue weighted by Crippen LogP contribution is 2.19. The summed E-state index contributed by atoms with van der Waals surface area (Å²) in [6, 6.07) is 24.8. The highest BCUT2D eigenvalue weighted by Gasteiger charge is 2.03. The van der Waals surface area contributed by atoms with Crippen LogP contribution in [-0.4, -0.2) is 10.8 Å². The SMILES string of the molecule is Fc1ccc(Cn2ccc3ccc(C=NNc4ccccc4)cc32)cc1. The second kappa shape index (κ2) is 7.23. The summed E-state index contributed by atoms with van der Waals surface area (Å²) in [6.07, 6.45) is 3.86. The lowest BCUT2D eigenvalue weighted by Gasteiger charge is -2.06. The molecule has 0 fully saturated rings. The van der Waals surface area contributed by atoms with Crippen molar-refractivity contribution in [3.05, 3.63) is 102 Å². The minimum Gasteiger partial charge on any atom is -0.343 e. The first-order valence-corrected chi connectivity index (χ1v) is 8.45. The van der Waals surface area contributed by atoms with E-state index in [0.29, 0.717) is 6.54 Å². The van der Waals surface area contributed by atoms with E-state index in [1.165, 1.54) is 17.5 Å². The van der Waals surface area contributed by atoms with Crippen LogP contribution in [0.5, 0.6) is 0 Å². The molecule has 0 aliphatic rings. The Kier molecular flexibility index (Phi) is 4.48. The fraction of sp³-hybridized carbons (Fsp3) is 0.0455. The molecule has 0 spiro atoms. The summed E-state index contributed by atoms with van der Waals surface area (Å²) in [7, 11) is 0. The monoisotopic (exact) mass is 343 g/mol. The van der Waals surface area contributed by atoms with Gasteiger partial charge in [0.2, 0.25) is 0 Å². The number of hydrogen-bond donors (Lipinski definition) is 1. The van der Waals surface area contributed by atoms with Gasteiger partial charge in [-0.3, -0.25) is 5.43 Å². The minimum absolute atomic E-state index is 0.212. The van der Waals surface area contributed by atoms with Crippen LogP contribution in [0.2, 0.25) is 0 Å². The Morgan fingerprint density at radius 3 is 2.54 bits per heavy atom. The van der Waals surface area contributed by atoms with E-state index < -0.39 is 0 Å². The molecule has 0 radical (unpaired) electrons. The molecule has 4 aromatic rings. The summed E-state index contributed by atoms with van der Waals surface area (Å²) in [5.41, 5.74) is 7.17. The highest BCUT2D eigenvalue weighted by atomic mass is 19.1. The molecular weight excluding hydrogens is 325 g/mol. The van der Waals surface area contributed by atoms with Crippen LogP contribution < -0.4 is 5.43 Å². The van der Waals surface area contributed by atoms with E-state index in [2.05, 4.69) is 39.5 Å². The zero-order chi connectivity index (χ0) is 17.8. The van der Waals surface area contributed by atoms with Crippen LogP contribution in [0, 0.1) is 5.82 Å². The van der Waals surface area contributed by atoms with Gasteiger partial charge in [-0.2, -0.15) is 5.10 Å². The van der Waals surface area contributed by atoms with Gasteiger partial charge in [-0.1, -0.05) is 42.5 Å². The number of benzene rings is 3. The van der Waals surface area contributed by atoms with Crippen LogP contribution in [0.4, 0.5) is 10.1 Å². The first-order valence-electron chi connectivity index (χ1n) is 8.45. The van der Waals surface area contributed by atoms with Crippen molar-refractivity contribution in [1.82, 2.24) is 4.57 Å². The summed E-state index contributed by atoms with van der Waals surface area (Å²) >= 11 is 0. The van der Waals surface area contributed by atoms with Gasteiger partial charge in [0.25, 0.3) is 0 Å². The van der Waals surface area contributed by atoms with Crippen LogP contribution >= 0.6 is 0 Å². The molecule has 1 heterocycles. The summed E-state index contributed by atoms with van der Waals surface area (Å²) < 4.78 is 15.2. The molecule has 1 aromatic heterocycles. The molecule has 26 heavy (non-hydrogen) atoms. The van der Waals surface area contributed by atoms with Crippen molar-refractivity contribution in [2.24, 2.45) is 5.10 Å². The normalized spacial score (nSPS) is 11.3. The maximum Gasteiger partial charge on any atom is 0.123 e. The number of para-hydroxylation sites is 1. The van der Waals surface area contributed by atoms with Gasteiger partial charge in [-0.25, -0.2) is 4.39 Å². The standard InChI is InChI=1S/C22H18FN3/c23-20-10-7-17(8-11-20)16-26-13-12-19-9-6-18(14-22(19)26)15-24-25-21-4-2-1-3-5-21/h1-15,25H,16H2. The number of nitrogens with zero attached hydrogens (tertiary/aromatic N) is 2. The molecule has 128 valence electrons. The lowest BCUT2D eigenvalue weighted by Crippen LogP contribution is -1.98. The Morgan fingerprint density at radius 1 is 0.923 bits per heavy atom. The molecule has 0 aliphatic carbocycles. The highest BCUT2D eigenvalue weighted by molar-refractivity contribution is 5.89. The lowest BCUT2D eigenvalue weighted by molar-refractivity contribution is 0.626. The molecule has 4 rings (SSSR count). The molecule has 0 unspecified atom stereocenters. The maximum atomic E-state index is 13.1. The number of fused-ring (bicyclic) bond motifs is 1. The van der Waals surface area contributed by atoms with Crippen LogP contribution in [0.15, 0.2) is 90.2 Å². The molecule has 4 heteroatoms. The zero-order valence-electron chi connectivity index (χ0n) is 14.1. The van der Waals surface area contributed by atoms with Gasteiger partial charge in [-0.05, 0) is 52.9 Å². The molecular formula is C22H18FN3. The van der Waals surface area contributed by atoms with Gasteiger partial charge in [-0.15, -0.1) is 0 Å². The third-order valence-corrected chi connectivity index (χ3v) is 4.25. The molecule has 0 bridgehead atoms. The third-order valence-electron chi connectivity index (χ3n) is 4.25. The van der Waals surface area contributed by atoms with E-state index in [0.717, 1.165) is 22.3 Å². The van der Waals surface area contributed by atoms with Crippen LogP contribution in [0.1, 0.15) is 11.1 Å². The molecule has 1 N–H and O–H groups in total. The van der Waals surface area contributed by atoms with Crippen molar-refractivity contribution in [2.75, 3.05) is 5.43 Å². The third kappa shape index (κ3) is 3.64. The second-order valence-electron chi connectivity index (χ2n) is 6.12. The number of aromatic nitrogens is 1. The molecule has 0 amide bonds. The number of rotatable bonds is 5. The minimum atomic E-state index is -0.212. The first kappa shape index (κ1) is 16.1. The Hall–Kier alpha value is -3.40. The van der Waals surface area contributed by atoms with Crippen molar-refractivity contribution < 1.29 is 4.39 Å². The number of hydrazone groups is 1. The average molecular weight is 343 g/mol. The van der Waals surface area contributed by atoms with E-state index in [1.54, 1.807) is 0 Å². The number of nitrogens with one attached hydrogen (secondary N) is 1. The van der Waals surface area contributed by atoms with Crippen LogP contribution in [-0.2, 0) is 6.54 Å². The summed E-state index contributed by atoms with van der Waals surface area (Å²) in [5, 5.41) is 5.47. The van der Waals surface area contributed by atoms with E-state index in [9.17, 15) is 4.39 Å². The van der Waals surface area contributed by atoms with Gasteiger partial charge in [0.1, 0.15) is 5.82 Å². The molecule has 3 nitrogen and oxygen atoms in total. The van der Waals surface area contributed by atoms with Crippen molar-refractivity contribution in [1.29, 1.82) is 0 Å². The van der Waals surface area contributed by atoms with Gasteiger partial charge in [0, 0.05) is 18.3 Å².